The van der Waals surface area contributed by atoms with E-state index in [1.54, 1.807) is 7.05 Å². The van der Waals surface area contributed by atoms with Gasteiger partial charge in [-0.2, -0.15) is 10.2 Å². The number of nitrogens with zero attached hydrogens (tertiary/aromatic N) is 3. The summed E-state index contributed by atoms with van der Waals surface area (Å²) < 4.78 is 5.19. The van der Waals surface area contributed by atoms with Gasteiger partial charge in [-0.3, -0.25) is 0 Å². The van der Waals surface area contributed by atoms with Crippen LogP contribution in [0.1, 0.15) is 11.5 Å². The molecule has 0 unspecified atom stereocenters. The number of hydrogen-bond donors (Lipinski definition) is 1. The molecule has 20 heavy (non-hydrogen) atoms. The standard InChI is InChI=1S/C14H14N4OS/c1-9-4-6-10(7-5-9)12-17-13(19-18-12)11(8-15)14(16-2)20-3/h4-7,16H,1-3H3/b14-11+. The van der Waals surface area contributed by atoms with Gasteiger partial charge in [0.05, 0.1) is 5.03 Å². The van der Waals surface area contributed by atoms with Crippen molar-refractivity contribution >= 4 is 17.3 Å². The summed E-state index contributed by atoms with van der Waals surface area (Å²) in [5, 5.41) is 16.8. The lowest BCUT2D eigenvalue weighted by Crippen LogP contribution is -2.04. The Hall–Kier alpha value is -2.26. The van der Waals surface area contributed by atoms with Gasteiger partial charge in [-0.25, -0.2) is 0 Å². The molecule has 0 radical (unpaired) electrons. The highest BCUT2D eigenvalue weighted by atomic mass is 32.2. The summed E-state index contributed by atoms with van der Waals surface area (Å²) in [6.07, 6.45) is 1.88. The van der Waals surface area contributed by atoms with E-state index in [1.165, 1.54) is 11.8 Å². The van der Waals surface area contributed by atoms with Crippen molar-refractivity contribution in [2.45, 2.75) is 6.92 Å². The van der Waals surface area contributed by atoms with Crippen molar-refractivity contribution in [1.29, 1.82) is 5.26 Å². The first-order chi connectivity index (χ1) is 9.69. The van der Waals surface area contributed by atoms with E-state index in [1.807, 2.05) is 37.4 Å². The molecule has 0 spiro atoms. The molecule has 1 aromatic carbocycles. The summed E-state index contributed by atoms with van der Waals surface area (Å²) in [5.74, 6) is 0.700. The van der Waals surface area contributed by atoms with Crippen LogP contribution in [0, 0.1) is 18.3 Å². The molecule has 1 aromatic heterocycles. The van der Waals surface area contributed by atoms with Crippen LogP contribution in [0.4, 0.5) is 0 Å². The molecule has 0 fully saturated rings. The molecule has 5 nitrogen and oxygen atoms in total. The van der Waals surface area contributed by atoms with Gasteiger partial charge in [0.15, 0.2) is 0 Å². The topological polar surface area (TPSA) is 74.7 Å². The van der Waals surface area contributed by atoms with Crippen LogP contribution in [-0.4, -0.2) is 23.4 Å². The minimum atomic E-state index is 0.224. The van der Waals surface area contributed by atoms with Crippen molar-refractivity contribution in [2.24, 2.45) is 0 Å². The van der Waals surface area contributed by atoms with Crippen molar-refractivity contribution in [3.8, 4) is 17.5 Å². The van der Waals surface area contributed by atoms with Gasteiger partial charge in [0, 0.05) is 12.6 Å². The maximum atomic E-state index is 9.24. The van der Waals surface area contributed by atoms with Crippen molar-refractivity contribution in [2.75, 3.05) is 13.3 Å². The van der Waals surface area contributed by atoms with E-state index in [0.717, 1.165) is 11.1 Å². The number of hydrogen-bond acceptors (Lipinski definition) is 6. The number of benzene rings is 1. The molecule has 1 N–H and O–H groups in total. The molecule has 1 heterocycles. The zero-order chi connectivity index (χ0) is 14.5. The lowest BCUT2D eigenvalue weighted by atomic mass is 10.1. The van der Waals surface area contributed by atoms with Crippen LogP contribution in [0.2, 0.25) is 0 Å². The van der Waals surface area contributed by atoms with Gasteiger partial charge in [-0.15, -0.1) is 11.8 Å². The second kappa shape index (κ2) is 6.26. The molecule has 0 atom stereocenters. The lowest BCUT2D eigenvalue weighted by Gasteiger charge is -2.02. The van der Waals surface area contributed by atoms with Crippen LogP contribution >= 0.6 is 11.8 Å². The van der Waals surface area contributed by atoms with Gasteiger partial charge in [0.1, 0.15) is 11.6 Å². The molecule has 0 bridgehead atoms. The largest absolute Gasteiger partial charge is 0.382 e. The Kier molecular flexibility index (Phi) is 4.43. The van der Waals surface area contributed by atoms with E-state index >= 15 is 0 Å². The third-order valence-corrected chi connectivity index (χ3v) is 3.54. The van der Waals surface area contributed by atoms with E-state index in [9.17, 15) is 5.26 Å². The van der Waals surface area contributed by atoms with Gasteiger partial charge in [0.25, 0.3) is 5.89 Å². The van der Waals surface area contributed by atoms with E-state index in [2.05, 4.69) is 21.5 Å². The zero-order valence-electron chi connectivity index (χ0n) is 11.5. The van der Waals surface area contributed by atoms with Gasteiger partial charge >= 0.3 is 0 Å². The quantitative estimate of drug-likeness (QED) is 0.871. The predicted octanol–water partition coefficient (Wildman–Crippen LogP) is 2.82. The highest BCUT2D eigenvalue weighted by Gasteiger charge is 2.16. The Morgan fingerprint density at radius 1 is 1.35 bits per heavy atom. The van der Waals surface area contributed by atoms with Gasteiger partial charge in [-0.05, 0) is 13.2 Å². The maximum absolute atomic E-state index is 9.24. The Morgan fingerprint density at radius 3 is 2.60 bits per heavy atom. The molecule has 0 aliphatic carbocycles. The Balaban J connectivity index is 2.40. The number of rotatable bonds is 4. The molecule has 6 heteroatoms. The zero-order valence-corrected chi connectivity index (χ0v) is 12.3. The fraction of sp³-hybridized carbons (Fsp3) is 0.214. The van der Waals surface area contributed by atoms with Gasteiger partial charge < -0.3 is 9.84 Å². The van der Waals surface area contributed by atoms with Gasteiger partial charge in [-0.1, -0.05) is 35.0 Å². The summed E-state index contributed by atoms with van der Waals surface area (Å²) in [4.78, 5) is 4.29. The first-order valence-corrected chi connectivity index (χ1v) is 7.19. The van der Waals surface area contributed by atoms with Crippen molar-refractivity contribution in [3.63, 3.8) is 0 Å². The van der Waals surface area contributed by atoms with Crippen LogP contribution in [0.25, 0.3) is 17.0 Å². The molecular formula is C14H14N4OS. The summed E-state index contributed by atoms with van der Waals surface area (Å²) in [6.45, 7) is 2.01. The van der Waals surface area contributed by atoms with E-state index in [0.29, 0.717) is 16.4 Å². The van der Waals surface area contributed by atoms with Crippen LogP contribution in [0.3, 0.4) is 0 Å². The average Bonchev–Trinajstić information content (AvgIpc) is 2.94. The van der Waals surface area contributed by atoms with Crippen LogP contribution in [0.5, 0.6) is 0 Å². The molecule has 0 aliphatic heterocycles. The third kappa shape index (κ3) is 2.83. The summed E-state index contributed by atoms with van der Waals surface area (Å²) >= 11 is 1.42. The minimum absolute atomic E-state index is 0.224. The number of allylic oxidation sites excluding steroid dienone is 1. The van der Waals surface area contributed by atoms with Gasteiger partial charge in [0.2, 0.25) is 5.82 Å². The summed E-state index contributed by atoms with van der Waals surface area (Å²) in [6, 6.07) is 9.90. The fourth-order valence-corrected chi connectivity index (χ4v) is 2.21. The number of thioether (sulfide) groups is 1. The number of nitriles is 1. The molecule has 0 saturated carbocycles. The van der Waals surface area contributed by atoms with Crippen molar-refractivity contribution in [3.05, 3.63) is 40.7 Å². The van der Waals surface area contributed by atoms with Crippen LogP contribution in [-0.2, 0) is 0 Å². The predicted molar refractivity (Wildman–Crippen MR) is 79.6 cm³/mol. The first-order valence-electron chi connectivity index (χ1n) is 5.96. The van der Waals surface area contributed by atoms with Crippen LogP contribution < -0.4 is 5.32 Å². The van der Waals surface area contributed by atoms with E-state index in [-0.39, 0.29) is 5.89 Å². The minimum Gasteiger partial charge on any atom is -0.382 e. The normalized spacial score (nSPS) is 11.7. The second-order valence-corrected chi connectivity index (χ2v) is 4.88. The molecule has 0 amide bonds. The number of aryl methyl sites for hydroxylation is 1. The monoisotopic (exact) mass is 286 g/mol. The summed E-state index contributed by atoms with van der Waals surface area (Å²) in [7, 11) is 1.75. The van der Waals surface area contributed by atoms with E-state index in [4.69, 9.17) is 4.52 Å². The molecule has 2 aromatic rings. The Labute approximate surface area is 121 Å². The number of nitrogens with one attached hydrogen (secondary N) is 1. The molecule has 2 rings (SSSR count). The fourth-order valence-electron chi connectivity index (χ4n) is 1.67. The second-order valence-electron chi connectivity index (χ2n) is 4.06. The SMILES string of the molecule is CN/C(SC)=C(/C#N)c1nc(-c2ccc(C)cc2)no1. The maximum Gasteiger partial charge on any atom is 0.271 e. The number of aromatic nitrogens is 2. The third-order valence-electron chi connectivity index (χ3n) is 2.72. The van der Waals surface area contributed by atoms with Crippen molar-refractivity contribution < 1.29 is 4.52 Å². The van der Waals surface area contributed by atoms with E-state index < -0.39 is 0 Å². The average molecular weight is 286 g/mol. The Bertz CT molecular complexity index is 661. The lowest BCUT2D eigenvalue weighted by molar-refractivity contribution is 0.409. The van der Waals surface area contributed by atoms with Crippen molar-refractivity contribution in [1.82, 2.24) is 15.5 Å². The van der Waals surface area contributed by atoms with Crippen LogP contribution in [0.15, 0.2) is 33.8 Å². The smallest absolute Gasteiger partial charge is 0.271 e. The first kappa shape index (κ1) is 14.2. The molecular weight excluding hydrogens is 272 g/mol. The highest BCUT2D eigenvalue weighted by molar-refractivity contribution is 8.02. The Morgan fingerprint density at radius 2 is 2.05 bits per heavy atom. The summed E-state index contributed by atoms with van der Waals surface area (Å²) in [5.41, 5.74) is 2.37. The molecule has 102 valence electrons. The highest BCUT2D eigenvalue weighted by Crippen LogP contribution is 2.24. The molecule has 0 aliphatic rings. The molecule has 0 saturated heterocycles.